The summed E-state index contributed by atoms with van der Waals surface area (Å²) in [4.78, 5) is 27.7. The molecule has 0 aliphatic carbocycles. The van der Waals surface area contributed by atoms with Crippen LogP contribution in [0.2, 0.25) is 0 Å². The number of hydrogen-bond donors (Lipinski definition) is 1. The molecule has 1 heterocycles. The first kappa shape index (κ1) is 16.3. The molecule has 9 heteroatoms. The number of rotatable bonds is 3. The molecule has 2 rings (SSSR count). The summed E-state index contributed by atoms with van der Waals surface area (Å²) >= 11 is 0.928. The summed E-state index contributed by atoms with van der Waals surface area (Å²) in [6, 6.07) is 4.40. The first-order valence-corrected chi connectivity index (χ1v) is 6.98. The fourth-order valence-electron chi connectivity index (χ4n) is 1.82. The molecule has 0 radical (unpaired) electrons. The molecule has 1 aliphatic rings. The van der Waals surface area contributed by atoms with Crippen LogP contribution in [0.15, 0.2) is 29.3 Å². The van der Waals surface area contributed by atoms with E-state index >= 15 is 0 Å². The van der Waals surface area contributed by atoms with Gasteiger partial charge in [-0.25, -0.2) is 4.99 Å². The Morgan fingerprint density at radius 2 is 2.14 bits per heavy atom. The van der Waals surface area contributed by atoms with Gasteiger partial charge in [0.1, 0.15) is 5.25 Å². The molecule has 5 nitrogen and oxygen atoms in total. The molecular weight excluding hydrogens is 321 g/mol. The second-order valence-electron chi connectivity index (χ2n) is 4.54. The van der Waals surface area contributed by atoms with Crippen molar-refractivity contribution < 1.29 is 27.9 Å². The number of aliphatic carboxylic acids is 1. The van der Waals surface area contributed by atoms with Crippen LogP contribution in [0.3, 0.4) is 0 Å². The molecule has 0 bridgehead atoms. The molecule has 0 saturated carbocycles. The number of amides is 1. The lowest BCUT2D eigenvalue weighted by atomic mass is 10.2. The van der Waals surface area contributed by atoms with Gasteiger partial charge >= 0.3 is 12.1 Å². The lowest BCUT2D eigenvalue weighted by Gasteiger charge is -2.09. The molecule has 1 amide bonds. The first-order chi connectivity index (χ1) is 10.2. The zero-order valence-electron chi connectivity index (χ0n) is 11.3. The maximum atomic E-state index is 12.6. The SMILES string of the molecule is CN1C(=O)C(CC(=O)O)SC1=Nc1cccc(C(F)(F)F)c1. The van der Waals surface area contributed by atoms with Gasteiger partial charge in [0.2, 0.25) is 5.91 Å². The van der Waals surface area contributed by atoms with E-state index in [0.717, 1.165) is 28.8 Å². The van der Waals surface area contributed by atoms with Crippen LogP contribution in [0.1, 0.15) is 12.0 Å². The van der Waals surface area contributed by atoms with Crippen molar-refractivity contribution >= 4 is 34.5 Å². The molecule has 1 atom stereocenters. The molecular formula is C13H11F3N2O3S. The number of aliphatic imine (C=N–C) groups is 1. The smallest absolute Gasteiger partial charge is 0.416 e. The number of hydrogen-bond acceptors (Lipinski definition) is 4. The van der Waals surface area contributed by atoms with Crippen molar-refractivity contribution in [1.82, 2.24) is 4.90 Å². The second-order valence-corrected chi connectivity index (χ2v) is 5.71. The summed E-state index contributed by atoms with van der Waals surface area (Å²) in [7, 11) is 1.41. The van der Waals surface area contributed by atoms with Gasteiger partial charge in [0.05, 0.1) is 17.7 Å². The maximum Gasteiger partial charge on any atom is 0.416 e. The Hall–Kier alpha value is -2.03. The Balaban J connectivity index is 2.26. The third-order valence-electron chi connectivity index (χ3n) is 2.90. The van der Waals surface area contributed by atoms with E-state index in [1.165, 1.54) is 19.2 Å². The van der Waals surface area contributed by atoms with Gasteiger partial charge in [0.25, 0.3) is 0 Å². The number of halogens is 3. The Kier molecular flexibility index (Phi) is 4.45. The van der Waals surface area contributed by atoms with E-state index in [-0.39, 0.29) is 17.3 Å². The molecule has 1 N–H and O–H groups in total. The Morgan fingerprint density at radius 3 is 2.73 bits per heavy atom. The van der Waals surface area contributed by atoms with Crippen molar-refractivity contribution in [3.8, 4) is 0 Å². The summed E-state index contributed by atoms with van der Waals surface area (Å²) in [5.41, 5.74) is -0.790. The quantitative estimate of drug-likeness (QED) is 0.924. The van der Waals surface area contributed by atoms with Crippen molar-refractivity contribution in [2.24, 2.45) is 4.99 Å². The van der Waals surface area contributed by atoms with Crippen LogP contribution in [0.4, 0.5) is 18.9 Å². The van der Waals surface area contributed by atoms with Gasteiger partial charge in [0.15, 0.2) is 5.17 Å². The van der Waals surface area contributed by atoms with Crippen LogP contribution in [0.25, 0.3) is 0 Å². The van der Waals surface area contributed by atoms with E-state index in [2.05, 4.69) is 4.99 Å². The molecule has 1 aromatic rings. The number of alkyl halides is 3. The number of thioether (sulfide) groups is 1. The second kappa shape index (κ2) is 5.99. The van der Waals surface area contributed by atoms with E-state index < -0.39 is 28.9 Å². The lowest BCUT2D eigenvalue weighted by molar-refractivity contribution is -0.139. The molecule has 118 valence electrons. The van der Waals surface area contributed by atoms with Crippen LogP contribution in [0.5, 0.6) is 0 Å². The number of carboxylic acid groups (broad SMARTS) is 1. The fourth-order valence-corrected chi connectivity index (χ4v) is 2.96. The molecule has 1 aliphatic heterocycles. The minimum absolute atomic E-state index is 0.0490. The third-order valence-corrected chi connectivity index (χ3v) is 4.13. The highest BCUT2D eigenvalue weighted by Gasteiger charge is 2.37. The number of carboxylic acids is 1. The summed E-state index contributed by atoms with van der Waals surface area (Å²) in [6.07, 6.45) is -4.85. The lowest BCUT2D eigenvalue weighted by Crippen LogP contribution is -2.28. The largest absolute Gasteiger partial charge is 0.481 e. The summed E-state index contributed by atoms with van der Waals surface area (Å²) in [6.45, 7) is 0. The van der Waals surface area contributed by atoms with Crippen molar-refractivity contribution in [3.63, 3.8) is 0 Å². The molecule has 0 spiro atoms. The average Bonchev–Trinajstić information content (AvgIpc) is 2.66. The topological polar surface area (TPSA) is 70.0 Å². The van der Waals surface area contributed by atoms with E-state index in [4.69, 9.17) is 5.11 Å². The molecule has 1 fully saturated rings. The Labute approximate surface area is 127 Å². The molecule has 1 saturated heterocycles. The van der Waals surface area contributed by atoms with E-state index in [1.807, 2.05) is 0 Å². The van der Waals surface area contributed by atoms with Gasteiger partial charge in [-0.2, -0.15) is 13.2 Å². The van der Waals surface area contributed by atoms with Crippen LogP contribution in [0, 0.1) is 0 Å². The summed E-state index contributed by atoms with van der Waals surface area (Å²) in [5, 5.41) is 8.09. The standard InChI is InChI=1S/C13H11F3N2O3S/c1-18-11(21)9(6-10(19)20)22-12(18)17-8-4-2-3-7(5-8)13(14,15)16/h2-5,9H,6H2,1H3,(H,19,20). The average molecular weight is 332 g/mol. The maximum absolute atomic E-state index is 12.6. The highest BCUT2D eigenvalue weighted by Crippen LogP contribution is 2.34. The van der Waals surface area contributed by atoms with Gasteiger partial charge in [-0.3, -0.25) is 14.5 Å². The van der Waals surface area contributed by atoms with E-state index in [0.29, 0.717) is 0 Å². The number of nitrogens with zero attached hydrogens (tertiary/aromatic N) is 2. The predicted octanol–water partition coefficient (Wildman–Crippen LogP) is 2.74. The van der Waals surface area contributed by atoms with Crippen molar-refractivity contribution in [1.29, 1.82) is 0 Å². The normalized spacial score (nSPS) is 20.7. The monoisotopic (exact) mass is 332 g/mol. The Morgan fingerprint density at radius 1 is 1.45 bits per heavy atom. The highest BCUT2D eigenvalue weighted by molar-refractivity contribution is 8.15. The number of carbonyl (C=O) groups is 2. The van der Waals surface area contributed by atoms with Gasteiger partial charge in [-0.15, -0.1) is 0 Å². The van der Waals surface area contributed by atoms with Crippen LogP contribution in [-0.2, 0) is 15.8 Å². The molecule has 22 heavy (non-hydrogen) atoms. The van der Waals surface area contributed by atoms with Crippen LogP contribution in [-0.4, -0.2) is 39.3 Å². The van der Waals surface area contributed by atoms with E-state index in [9.17, 15) is 22.8 Å². The molecule has 1 unspecified atom stereocenters. The zero-order valence-corrected chi connectivity index (χ0v) is 12.1. The molecule has 0 aromatic heterocycles. The zero-order chi connectivity index (χ0) is 16.5. The summed E-state index contributed by atoms with van der Waals surface area (Å²) < 4.78 is 37.9. The van der Waals surface area contributed by atoms with Gasteiger partial charge in [-0.05, 0) is 18.2 Å². The van der Waals surface area contributed by atoms with Crippen molar-refractivity contribution in [2.45, 2.75) is 17.8 Å². The highest BCUT2D eigenvalue weighted by atomic mass is 32.2. The number of carbonyl (C=O) groups excluding carboxylic acids is 1. The van der Waals surface area contributed by atoms with Gasteiger partial charge in [0, 0.05) is 7.05 Å². The fraction of sp³-hybridized carbons (Fsp3) is 0.308. The number of amidine groups is 1. The van der Waals surface area contributed by atoms with Gasteiger partial charge in [-0.1, -0.05) is 17.8 Å². The minimum Gasteiger partial charge on any atom is -0.481 e. The molecule has 1 aromatic carbocycles. The minimum atomic E-state index is -4.48. The summed E-state index contributed by atoms with van der Waals surface area (Å²) in [5.74, 6) is -1.56. The van der Waals surface area contributed by atoms with Crippen molar-refractivity contribution in [3.05, 3.63) is 29.8 Å². The Bertz CT molecular complexity index is 646. The number of benzene rings is 1. The predicted molar refractivity (Wildman–Crippen MR) is 74.9 cm³/mol. The van der Waals surface area contributed by atoms with E-state index in [1.54, 1.807) is 0 Å². The van der Waals surface area contributed by atoms with Crippen LogP contribution >= 0.6 is 11.8 Å². The van der Waals surface area contributed by atoms with Crippen molar-refractivity contribution in [2.75, 3.05) is 7.05 Å². The third kappa shape index (κ3) is 3.59. The van der Waals surface area contributed by atoms with Crippen LogP contribution < -0.4 is 0 Å². The van der Waals surface area contributed by atoms with Gasteiger partial charge < -0.3 is 5.11 Å². The first-order valence-electron chi connectivity index (χ1n) is 6.10.